The van der Waals surface area contributed by atoms with Crippen molar-refractivity contribution in [2.75, 3.05) is 18.2 Å². The van der Waals surface area contributed by atoms with E-state index in [0.717, 1.165) is 18.2 Å². The lowest BCUT2D eigenvalue weighted by molar-refractivity contribution is -0.387. The number of nitro groups is 1. The first-order valence-electron chi connectivity index (χ1n) is 6.79. The number of halogens is 2. The van der Waals surface area contributed by atoms with Crippen molar-refractivity contribution in [1.29, 1.82) is 0 Å². The predicted octanol–water partition coefficient (Wildman–Crippen LogP) is 2.69. The Morgan fingerprint density at radius 1 is 1.46 bits per heavy atom. The van der Waals surface area contributed by atoms with Gasteiger partial charge >= 0.3 is 11.7 Å². The van der Waals surface area contributed by atoms with Crippen LogP contribution in [-0.4, -0.2) is 39.6 Å². The molecule has 9 nitrogen and oxygen atoms in total. The lowest BCUT2D eigenvalue weighted by Crippen LogP contribution is -2.21. The van der Waals surface area contributed by atoms with Gasteiger partial charge in [0.2, 0.25) is 5.82 Å². The van der Waals surface area contributed by atoms with Crippen molar-refractivity contribution >= 4 is 46.6 Å². The van der Waals surface area contributed by atoms with E-state index in [0.29, 0.717) is 5.16 Å². The Hall–Kier alpha value is -2.79. The zero-order valence-electron chi connectivity index (χ0n) is 13.1. The van der Waals surface area contributed by atoms with Crippen molar-refractivity contribution in [2.24, 2.45) is 0 Å². The number of hydrogen-bond donors (Lipinski definition) is 1. The maximum atomic E-state index is 13.2. The SMILES string of the molecule is CSc1ncc(Cl)c(C(=O)OCC(=O)Nc2ccc(F)c([N+](=O)[O-])c2)n1. The third-order valence-corrected chi connectivity index (χ3v) is 3.70. The summed E-state index contributed by atoms with van der Waals surface area (Å²) in [5.74, 6) is -2.76. The molecule has 0 unspecified atom stereocenters. The fourth-order valence-corrected chi connectivity index (χ4v) is 2.23. The van der Waals surface area contributed by atoms with Gasteiger partial charge in [0.25, 0.3) is 5.91 Å². The number of ether oxygens (including phenoxy) is 1. The average Bonchev–Trinajstić information content (AvgIpc) is 2.61. The van der Waals surface area contributed by atoms with Gasteiger partial charge in [-0.1, -0.05) is 23.4 Å². The number of benzene rings is 1. The van der Waals surface area contributed by atoms with Crippen molar-refractivity contribution in [1.82, 2.24) is 9.97 Å². The highest BCUT2D eigenvalue weighted by Crippen LogP contribution is 2.21. The van der Waals surface area contributed by atoms with Crippen LogP contribution in [0.1, 0.15) is 10.5 Å². The van der Waals surface area contributed by atoms with Gasteiger partial charge in [0.15, 0.2) is 17.5 Å². The van der Waals surface area contributed by atoms with Gasteiger partial charge in [0.05, 0.1) is 16.1 Å². The highest BCUT2D eigenvalue weighted by molar-refractivity contribution is 7.98. The first-order chi connectivity index (χ1) is 12.3. The molecule has 0 fully saturated rings. The van der Waals surface area contributed by atoms with Crippen LogP contribution >= 0.6 is 23.4 Å². The van der Waals surface area contributed by atoms with Crippen LogP contribution in [0.4, 0.5) is 15.8 Å². The minimum atomic E-state index is -1.04. The molecule has 0 bridgehead atoms. The standard InChI is InChI=1S/C14H10ClFN4O5S/c1-26-14-17-5-8(15)12(19-14)13(22)25-6-11(21)18-7-2-3-9(16)10(4-7)20(23)24/h2-5H,6H2,1H3,(H,18,21). The zero-order valence-corrected chi connectivity index (χ0v) is 14.6. The quantitative estimate of drug-likeness (QED) is 0.258. The van der Waals surface area contributed by atoms with Gasteiger partial charge in [-0.2, -0.15) is 4.39 Å². The number of nitro benzene ring substituents is 1. The summed E-state index contributed by atoms with van der Waals surface area (Å²) in [7, 11) is 0. The number of nitrogens with one attached hydrogen (secondary N) is 1. The van der Waals surface area contributed by atoms with Crippen LogP contribution in [0.25, 0.3) is 0 Å². The van der Waals surface area contributed by atoms with Crippen LogP contribution in [-0.2, 0) is 9.53 Å². The first-order valence-corrected chi connectivity index (χ1v) is 8.39. The second-order valence-corrected chi connectivity index (χ2v) is 5.78. The van der Waals surface area contributed by atoms with Crippen molar-refractivity contribution in [3.8, 4) is 0 Å². The maximum Gasteiger partial charge on any atom is 0.359 e. The molecule has 1 heterocycles. The fourth-order valence-electron chi connectivity index (χ4n) is 1.72. The van der Waals surface area contributed by atoms with Crippen molar-refractivity contribution in [2.45, 2.75) is 5.16 Å². The highest BCUT2D eigenvalue weighted by Gasteiger charge is 2.18. The molecule has 136 valence electrons. The summed E-state index contributed by atoms with van der Waals surface area (Å²) < 4.78 is 18.1. The van der Waals surface area contributed by atoms with Crippen molar-refractivity contribution in [3.05, 3.63) is 51.0 Å². The van der Waals surface area contributed by atoms with E-state index in [-0.39, 0.29) is 16.4 Å². The third kappa shape index (κ3) is 4.86. The number of anilines is 1. The van der Waals surface area contributed by atoms with Crippen LogP contribution in [0.15, 0.2) is 29.6 Å². The molecule has 2 rings (SSSR count). The van der Waals surface area contributed by atoms with Crippen LogP contribution in [0, 0.1) is 15.9 Å². The van der Waals surface area contributed by atoms with E-state index in [1.165, 1.54) is 18.0 Å². The Labute approximate surface area is 155 Å². The first kappa shape index (κ1) is 19.5. The molecule has 0 aliphatic carbocycles. The second-order valence-electron chi connectivity index (χ2n) is 4.60. The van der Waals surface area contributed by atoms with Crippen LogP contribution in [0.3, 0.4) is 0 Å². The van der Waals surface area contributed by atoms with Crippen LogP contribution in [0.2, 0.25) is 5.02 Å². The second kappa shape index (κ2) is 8.54. The number of rotatable bonds is 6. The number of thioether (sulfide) groups is 1. The molecular weight excluding hydrogens is 391 g/mol. The summed E-state index contributed by atoms with van der Waals surface area (Å²) in [6, 6.07) is 2.82. The normalized spacial score (nSPS) is 10.3. The molecule has 0 spiro atoms. The zero-order chi connectivity index (χ0) is 19.3. The minimum absolute atomic E-state index is 0.0242. The third-order valence-electron chi connectivity index (χ3n) is 2.86. The van der Waals surface area contributed by atoms with E-state index in [2.05, 4.69) is 15.3 Å². The summed E-state index contributed by atoms with van der Waals surface area (Å²) in [6.45, 7) is -0.695. The Bertz CT molecular complexity index is 882. The van der Waals surface area contributed by atoms with Gasteiger partial charge < -0.3 is 10.1 Å². The smallest absolute Gasteiger partial charge is 0.359 e. The molecule has 2 aromatic rings. The minimum Gasteiger partial charge on any atom is -0.451 e. The molecular formula is C14H10ClFN4O5S. The summed E-state index contributed by atoms with van der Waals surface area (Å²) in [6.07, 6.45) is 2.93. The van der Waals surface area contributed by atoms with E-state index in [9.17, 15) is 24.1 Å². The van der Waals surface area contributed by atoms with Gasteiger partial charge in [0, 0.05) is 11.8 Å². The Kier molecular flexibility index (Phi) is 6.41. The van der Waals surface area contributed by atoms with Crippen molar-refractivity contribution in [3.63, 3.8) is 0 Å². The van der Waals surface area contributed by atoms with Gasteiger partial charge in [-0.3, -0.25) is 14.9 Å². The number of aromatic nitrogens is 2. The summed E-state index contributed by atoms with van der Waals surface area (Å²) in [5, 5.41) is 13.2. The topological polar surface area (TPSA) is 124 Å². The van der Waals surface area contributed by atoms with E-state index < -0.39 is 34.9 Å². The molecule has 1 N–H and O–H groups in total. The number of nitrogens with zero attached hydrogens (tertiary/aromatic N) is 3. The van der Waals surface area contributed by atoms with Gasteiger partial charge in [-0.25, -0.2) is 14.8 Å². The van der Waals surface area contributed by atoms with Gasteiger partial charge in [-0.05, 0) is 18.4 Å². The summed E-state index contributed by atoms with van der Waals surface area (Å²) in [5.41, 5.74) is -1.02. The lowest BCUT2D eigenvalue weighted by Gasteiger charge is -2.07. The van der Waals surface area contributed by atoms with E-state index in [1.54, 1.807) is 6.26 Å². The number of carbonyl (C=O) groups excluding carboxylic acids is 2. The molecule has 0 aliphatic rings. The molecule has 1 amide bonds. The van der Waals surface area contributed by atoms with E-state index in [4.69, 9.17) is 16.3 Å². The maximum absolute atomic E-state index is 13.2. The Balaban J connectivity index is 2.00. The largest absolute Gasteiger partial charge is 0.451 e. The predicted molar refractivity (Wildman–Crippen MR) is 90.8 cm³/mol. The number of amides is 1. The molecule has 1 aromatic heterocycles. The van der Waals surface area contributed by atoms with E-state index >= 15 is 0 Å². The highest BCUT2D eigenvalue weighted by atomic mass is 35.5. The summed E-state index contributed by atoms with van der Waals surface area (Å²) >= 11 is 7.01. The fraction of sp³-hybridized carbons (Fsp3) is 0.143. The molecule has 0 saturated heterocycles. The van der Waals surface area contributed by atoms with E-state index in [1.807, 2.05) is 0 Å². The van der Waals surface area contributed by atoms with Crippen LogP contribution < -0.4 is 5.32 Å². The van der Waals surface area contributed by atoms with Crippen LogP contribution in [0.5, 0.6) is 0 Å². The molecule has 0 radical (unpaired) electrons. The monoisotopic (exact) mass is 400 g/mol. The Morgan fingerprint density at radius 2 is 2.19 bits per heavy atom. The molecule has 1 aromatic carbocycles. The molecule has 26 heavy (non-hydrogen) atoms. The number of carbonyl (C=O) groups is 2. The lowest BCUT2D eigenvalue weighted by atomic mass is 10.2. The molecule has 0 atom stereocenters. The Morgan fingerprint density at radius 3 is 2.85 bits per heavy atom. The number of esters is 1. The summed E-state index contributed by atoms with van der Waals surface area (Å²) in [4.78, 5) is 41.3. The average molecular weight is 401 g/mol. The van der Waals surface area contributed by atoms with Crippen molar-refractivity contribution < 1.29 is 23.6 Å². The van der Waals surface area contributed by atoms with Gasteiger partial charge in [-0.15, -0.1) is 0 Å². The molecule has 0 aliphatic heterocycles. The molecule has 12 heteroatoms. The van der Waals surface area contributed by atoms with Gasteiger partial charge in [0.1, 0.15) is 0 Å². The molecule has 0 saturated carbocycles. The number of hydrogen-bond acceptors (Lipinski definition) is 8.